The summed E-state index contributed by atoms with van der Waals surface area (Å²) in [5, 5.41) is 9.68. The molecule has 0 unspecified atom stereocenters. The van der Waals surface area contributed by atoms with Gasteiger partial charge in [-0.25, -0.2) is 0 Å². The van der Waals surface area contributed by atoms with Gasteiger partial charge in [0.1, 0.15) is 0 Å². The standard InChI is InChI=1S/C20H22N2O4/c1-23-15-3-2-12-10-14-13-4-5-20(24-8-9-25-20)18-19(13,6-7-22(14)11-21)16(12)17(15)26-18/h2-3,13-14,18H,4-10H2,1H3/t13-,14-,18+,19-/m0/s1. The predicted molar refractivity (Wildman–Crippen MR) is 90.9 cm³/mol. The molecule has 6 nitrogen and oxygen atoms in total. The largest absolute Gasteiger partial charge is 0.493 e. The highest BCUT2D eigenvalue weighted by atomic mass is 16.8. The lowest BCUT2D eigenvalue weighted by Gasteiger charge is -2.59. The summed E-state index contributed by atoms with van der Waals surface area (Å²) in [5.41, 5.74) is 2.45. The molecule has 3 heterocycles. The van der Waals surface area contributed by atoms with Crippen molar-refractivity contribution in [3.63, 3.8) is 0 Å². The summed E-state index contributed by atoms with van der Waals surface area (Å²) in [6, 6.07) is 4.40. The Morgan fingerprint density at radius 1 is 1.27 bits per heavy atom. The number of nitriles is 1. The highest BCUT2D eigenvalue weighted by Gasteiger charge is 2.71. The van der Waals surface area contributed by atoms with E-state index in [4.69, 9.17) is 18.9 Å². The minimum absolute atomic E-state index is 0.141. The Kier molecular flexibility index (Phi) is 2.82. The third kappa shape index (κ3) is 1.52. The van der Waals surface area contributed by atoms with Crippen LogP contribution in [0.1, 0.15) is 30.4 Å². The van der Waals surface area contributed by atoms with Crippen molar-refractivity contribution in [1.82, 2.24) is 4.90 Å². The zero-order chi connectivity index (χ0) is 17.5. The maximum Gasteiger partial charge on any atom is 0.206 e. The van der Waals surface area contributed by atoms with Gasteiger partial charge in [-0.15, -0.1) is 0 Å². The predicted octanol–water partition coefficient (Wildman–Crippen LogP) is 1.96. The number of fused-ring (bicyclic) bond motifs is 1. The van der Waals surface area contributed by atoms with Crippen molar-refractivity contribution in [2.24, 2.45) is 5.92 Å². The summed E-state index contributed by atoms with van der Waals surface area (Å²) < 4.78 is 24.6. The lowest BCUT2D eigenvalue weighted by atomic mass is 9.50. The van der Waals surface area contributed by atoms with E-state index in [0.29, 0.717) is 19.1 Å². The Morgan fingerprint density at radius 2 is 2.12 bits per heavy atom. The molecule has 6 rings (SSSR count). The third-order valence-electron chi connectivity index (χ3n) is 7.43. The van der Waals surface area contributed by atoms with Crippen LogP contribution in [-0.4, -0.2) is 49.7 Å². The van der Waals surface area contributed by atoms with Crippen LogP contribution in [0, 0.1) is 17.4 Å². The van der Waals surface area contributed by atoms with Crippen molar-refractivity contribution in [2.45, 2.75) is 49.0 Å². The van der Waals surface area contributed by atoms with E-state index in [1.54, 1.807) is 7.11 Å². The average Bonchev–Trinajstić information content (AvgIpc) is 3.26. The first-order valence-electron chi connectivity index (χ1n) is 9.55. The molecule has 0 N–H and O–H groups in total. The van der Waals surface area contributed by atoms with Crippen LogP contribution in [0.4, 0.5) is 0 Å². The van der Waals surface area contributed by atoms with Gasteiger partial charge in [0.05, 0.1) is 20.3 Å². The van der Waals surface area contributed by atoms with Crippen LogP contribution in [0.5, 0.6) is 11.5 Å². The summed E-state index contributed by atoms with van der Waals surface area (Å²) in [7, 11) is 1.70. The van der Waals surface area contributed by atoms with Crippen molar-refractivity contribution in [2.75, 3.05) is 26.9 Å². The molecular formula is C20H22N2O4. The van der Waals surface area contributed by atoms with E-state index in [1.165, 1.54) is 11.1 Å². The molecule has 136 valence electrons. The SMILES string of the molecule is COc1ccc2c3c1O[C@H]1C4(CC[C@H]5[C@H](C2)N(C#N)CC[C@@]351)OCCO4. The molecule has 26 heavy (non-hydrogen) atoms. The molecule has 1 aromatic carbocycles. The zero-order valence-electron chi connectivity index (χ0n) is 14.9. The topological polar surface area (TPSA) is 64.0 Å². The minimum atomic E-state index is -0.658. The van der Waals surface area contributed by atoms with Gasteiger partial charge in [0.15, 0.2) is 23.8 Å². The van der Waals surface area contributed by atoms with Crippen LogP contribution in [0.25, 0.3) is 0 Å². The lowest BCUT2D eigenvalue weighted by molar-refractivity contribution is -0.260. The molecule has 0 radical (unpaired) electrons. The van der Waals surface area contributed by atoms with E-state index in [0.717, 1.165) is 43.7 Å². The average molecular weight is 354 g/mol. The smallest absolute Gasteiger partial charge is 0.206 e. The first-order chi connectivity index (χ1) is 12.7. The van der Waals surface area contributed by atoms with Gasteiger partial charge >= 0.3 is 0 Å². The van der Waals surface area contributed by atoms with E-state index >= 15 is 0 Å². The Bertz CT molecular complexity index is 828. The Balaban J connectivity index is 1.61. The molecule has 2 saturated heterocycles. The Morgan fingerprint density at radius 3 is 2.88 bits per heavy atom. The van der Waals surface area contributed by atoms with Gasteiger partial charge in [-0.1, -0.05) is 6.07 Å². The molecule has 0 aromatic heterocycles. The van der Waals surface area contributed by atoms with Gasteiger partial charge in [-0.2, -0.15) is 5.26 Å². The van der Waals surface area contributed by atoms with Crippen LogP contribution >= 0.6 is 0 Å². The normalized spacial score (nSPS) is 37.8. The monoisotopic (exact) mass is 354 g/mol. The van der Waals surface area contributed by atoms with Crippen LogP contribution in [-0.2, 0) is 21.3 Å². The van der Waals surface area contributed by atoms with Crippen molar-refractivity contribution >= 4 is 0 Å². The van der Waals surface area contributed by atoms with Crippen LogP contribution in [0.15, 0.2) is 12.1 Å². The number of rotatable bonds is 1. The molecule has 6 heteroatoms. The number of methoxy groups -OCH3 is 1. The van der Waals surface area contributed by atoms with Gasteiger partial charge in [-0.05, 0) is 36.8 Å². The number of hydrogen-bond donors (Lipinski definition) is 0. The third-order valence-corrected chi connectivity index (χ3v) is 7.43. The molecule has 2 spiro atoms. The first kappa shape index (κ1) is 15.1. The lowest BCUT2D eigenvalue weighted by Crippen LogP contribution is -2.69. The van der Waals surface area contributed by atoms with Crippen LogP contribution in [0.3, 0.4) is 0 Å². The summed E-state index contributed by atoms with van der Waals surface area (Å²) >= 11 is 0. The fraction of sp³-hybridized carbons (Fsp3) is 0.650. The van der Waals surface area contributed by atoms with E-state index in [-0.39, 0.29) is 17.6 Å². The van der Waals surface area contributed by atoms with E-state index in [2.05, 4.69) is 12.3 Å². The maximum absolute atomic E-state index is 9.68. The van der Waals surface area contributed by atoms with E-state index < -0.39 is 5.79 Å². The maximum atomic E-state index is 9.68. The number of likely N-dealkylation sites (tertiary alicyclic amines) is 1. The van der Waals surface area contributed by atoms with Crippen LogP contribution in [0.2, 0.25) is 0 Å². The molecule has 0 amide bonds. The van der Waals surface area contributed by atoms with Gasteiger partial charge in [0.25, 0.3) is 0 Å². The summed E-state index contributed by atoms with van der Waals surface area (Å²) in [6.07, 6.45) is 5.90. The number of ether oxygens (including phenoxy) is 4. The molecule has 1 saturated carbocycles. The number of piperidine rings is 1. The Hall–Kier alpha value is -1.97. The second-order valence-electron chi connectivity index (χ2n) is 8.14. The summed E-state index contributed by atoms with van der Waals surface area (Å²) in [5.74, 6) is 1.40. The van der Waals surface area contributed by atoms with Crippen LogP contribution < -0.4 is 9.47 Å². The minimum Gasteiger partial charge on any atom is -0.493 e. The molecule has 5 aliphatic rings. The highest BCUT2D eigenvalue weighted by molar-refractivity contribution is 5.61. The summed E-state index contributed by atoms with van der Waals surface area (Å²) in [4.78, 5) is 1.99. The fourth-order valence-electron chi connectivity index (χ4n) is 6.56. The molecule has 2 bridgehead atoms. The Labute approximate surface area is 152 Å². The highest BCUT2D eigenvalue weighted by Crippen LogP contribution is 2.66. The fourth-order valence-corrected chi connectivity index (χ4v) is 6.56. The second kappa shape index (κ2) is 4.85. The molecule has 3 aliphatic heterocycles. The summed E-state index contributed by atoms with van der Waals surface area (Å²) in [6.45, 7) is 2.01. The van der Waals surface area contributed by atoms with Crippen molar-refractivity contribution in [3.8, 4) is 17.7 Å². The number of hydrogen-bond acceptors (Lipinski definition) is 6. The van der Waals surface area contributed by atoms with Gasteiger partial charge in [-0.3, -0.25) is 0 Å². The zero-order valence-corrected chi connectivity index (χ0v) is 14.9. The van der Waals surface area contributed by atoms with Gasteiger partial charge in [0, 0.05) is 30.0 Å². The van der Waals surface area contributed by atoms with E-state index in [1.807, 2.05) is 11.0 Å². The van der Waals surface area contributed by atoms with Gasteiger partial charge in [0.2, 0.25) is 5.79 Å². The molecule has 2 aliphatic carbocycles. The molecule has 4 atom stereocenters. The van der Waals surface area contributed by atoms with E-state index in [9.17, 15) is 5.26 Å². The van der Waals surface area contributed by atoms with Gasteiger partial charge < -0.3 is 23.8 Å². The number of benzene rings is 1. The second-order valence-corrected chi connectivity index (χ2v) is 8.14. The van der Waals surface area contributed by atoms with Crippen molar-refractivity contribution in [1.29, 1.82) is 5.26 Å². The number of nitrogens with zero attached hydrogens (tertiary/aromatic N) is 2. The van der Waals surface area contributed by atoms with Crippen molar-refractivity contribution < 1.29 is 18.9 Å². The quantitative estimate of drug-likeness (QED) is 0.719. The molecular weight excluding hydrogens is 332 g/mol. The first-order valence-corrected chi connectivity index (χ1v) is 9.55. The van der Waals surface area contributed by atoms with Crippen molar-refractivity contribution in [3.05, 3.63) is 23.3 Å². The molecule has 1 aromatic rings. The molecule has 3 fully saturated rings.